The molecule has 1 aliphatic carbocycles. The average molecular weight is 233 g/mol. The van der Waals surface area contributed by atoms with Crippen molar-refractivity contribution in [3.63, 3.8) is 0 Å². The lowest BCUT2D eigenvalue weighted by Crippen LogP contribution is -2.24. The largest absolute Gasteiger partial charge is 0.377 e. The fourth-order valence-electron chi connectivity index (χ4n) is 2.14. The summed E-state index contributed by atoms with van der Waals surface area (Å²) in [6.07, 6.45) is 3.94. The first-order valence-electron chi connectivity index (χ1n) is 6.67. The van der Waals surface area contributed by atoms with Gasteiger partial charge in [0.1, 0.15) is 0 Å². The van der Waals surface area contributed by atoms with Crippen LogP contribution in [0.5, 0.6) is 0 Å². The number of benzene rings is 1. The Bertz CT molecular complexity index is 319. The number of nitrogens with one attached hydrogen (secondary N) is 1. The minimum Gasteiger partial charge on any atom is -0.377 e. The highest BCUT2D eigenvalue weighted by Gasteiger charge is 2.41. The van der Waals surface area contributed by atoms with E-state index in [0.29, 0.717) is 5.41 Å². The average Bonchev–Trinajstić information content (AvgIpc) is 3.14. The van der Waals surface area contributed by atoms with Crippen molar-refractivity contribution >= 4 is 0 Å². The first kappa shape index (κ1) is 12.6. The van der Waals surface area contributed by atoms with Gasteiger partial charge < -0.3 is 10.1 Å². The highest BCUT2D eigenvalue weighted by atomic mass is 16.5. The van der Waals surface area contributed by atoms with Gasteiger partial charge in [0.25, 0.3) is 0 Å². The highest BCUT2D eigenvalue weighted by Crippen LogP contribution is 2.48. The molecular weight excluding hydrogens is 210 g/mol. The SMILES string of the molecule is CCNCC1(CCOCc2ccccc2)CC1. The van der Waals surface area contributed by atoms with Crippen LogP contribution in [0.15, 0.2) is 30.3 Å². The van der Waals surface area contributed by atoms with Gasteiger partial charge in [0.05, 0.1) is 6.61 Å². The Morgan fingerprint density at radius 2 is 2.00 bits per heavy atom. The zero-order valence-corrected chi connectivity index (χ0v) is 10.7. The lowest BCUT2D eigenvalue weighted by atomic mass is 10.0. The van der Waals surface area contributed by atoms with Gasteiger partial charge in [0.2, 0.25) is 0 Å². The van der Waals surface area contributed by atoms with Gasteiger partial charge in [0.15, 0.2) is 0 Å². The number of ether oxygens (including phenoxy) is 1. The Morgan fingerprint density at radius 3 is 2.65 bits per heavy atom. The molecule has 0 aromatic heterocycles. The van der Waals surface area contributed by atoms with Crippen molar-refractivity contribution in [2.45, 2.75) is 32.8 Å². The van der Waals surface area contributed by atoms with E-state index in [9.17, 15) is 0 Å². The Hall–Kier alpha value is -0.860. The summed E-state index contributed by atoms with van der Waals surface area (Å²) in [5, 5.41) is 3.45. The molecule has 0 radical (unpaired) electrons. The Kier molecular flexibility index (Phi) is 4.57. The van der Waals surface area contributed by atoms with Crippen LogP contribution in [0, 0.1) is 5.41 Å². The van der Waals surface area contributed by atoms with Crippen LogP contribution >= 0.6 is 0 Å². The van der Waals surface area contributed by atoms with E-state index in [1.165, 1.54) is 24.8 Å². The van der Waals surface area contributed by atoms with Gasteiger partial charge in [-0.25, -0.2) is 0 Å². The number of hydrogen-bond donors (Lipinski definition) is 1. The Morgan fingerprint density at radius 1 is 1.24 bits per heavy atom. The van der Waals surface area contributed by atoms with Gasteiger partial charge in [-0.15, -0.1) is 0 Å². The van der Waals surface area contributed by atoms with Crippen LogP contribution in [-0.4, -0.2) is 19.7 Å². The fourth-order valence-corrected chi connectivity index (χ4v) is 2.14. The molecule has 17 heavy (non-hydrogen) atoms. The van der Waals surface area contributed by atoms with Gasteiger partial charge in [-0.05, 0) is 36.8 Å². The van der Waals surface area contributed by atoms with Crippen molar-refractivity contribution in [3.8, 4) is 0 Å². The molecule has 2 rings (SSSR count). The summed E-state index contributed by atoms with van der Waals surface area (Å²) in [5.41, 5.74) is 1.83. The molecule has 0 aliphatic heterocycles. The molecule has 0 heterocycles. The van der Waals surface area contributed by atoms with Gasteiger partial charge in [-0.1, -0.05) is 37.3 Å². The van der Waals surface area contributed by atoms with Gasteiger partial charge in [0, 0.05) is 13.2 Å². The standard InChI is InChI=1S/C15H23NO/c1-2-16-13-15(8-9-15)10-11-17-12-14-6-4-3-5-7-14/h3-7,16H,2,8-13H2,1H3. The van der Waals surface area contributed by atoms with E-state index in [-0.39, 0.29) is 0 Å². The monoisotopic (exact) mass is 233 g/mol. The van der Waals surface area contributed by atoms with Crippen molar-refractivity contribution < 1.29 is 4.74 Å². The first-order valence-corrected chi connectivity index (χ1v) is 6.67. The second kappa shape index (κ2) is 6.18. The van der Waals surface area contributed by atoms with E-state index in [0.717, 1.165) is 26.3 Å². The number of rotatable bonds is 8. The van der Waals surface area contributed by atoms with Crippen molar-refractivity contribution in [3.05, 3.63) is 35.9 Å². The third-order valence-corrected chi connectivity index (χ3v) is 3.60. The molecule has 0 saturated heterocycles. The van der Waals surface area contributed by atoms with Crippen LogP contribution in [0.2, 0.25) is 0 Å². The topological polar surface area (TPSA) is 21.3 Å². The normalized spacial score (nSPS) is 17.0. The molecule has 1 fully saturated rings. The van der Waals surface area contributed by atoms with Crippen molar-refractivity contribution in [1.82, 2.24) is 5.32 Å². The highest BCUT2D eigenvalue weighted by molar-refractivity contribution is 5.13. The van der Waals surface area contributed by atoms with E-state index < -0.39 is 0 Å². The minimum absolute atomic E-state index is 0.562. The zero-order chi connectivity index (χ0) is 12.0. The summed E-state index contributed by atoms with van der Waals surface area (Å²) in [6.45, 7) is 6.05. The molecule has 1 aromatic rings. The Balaban J connectivity index is 1.60. The summed E-state index contributed by atoms with van der Waals surface area (Å²) in [4.78, 5) is 0. The lowest BCUT2D eigenvalue weighted by molar-refractivity contribution is 0.104. The molecule has 1 saturated carbocycles. The minimum atomic E-state index is 0.562. The van der Waals surface area contributed by atoms with E-state index >= 15 is 0 Å². The van der Waals surface area contributed by atoms with Crippen LogP contribution in [0.25, 0.3) is 0 Å². The van der Waals surface area contributed by atoms with Crippen LogP contribution < -0.4 is 5.32 Å². The van der Waals surface area contributed by atoms with Crippen LogP contribution in [0.1, 0.15) is 31.7 Å². The van der Waals surface area contributed by atoms with Crippen LogP contribution in [-0.2, 0) is 11.3 Å². The van der Waals surface area contributed by atoms with Crippen LogP contribution in [0.3, 0.4) is 0 Å². The quantitative estimate of drug-likeness (QED) is 0.697. The molecule has 1 aliphatic rings. The third kappa shape index (κ3) is 4.14. The molecule has 0 bridgehead atoms. The third-order valence-electron chi connectivity index (χ3n) is 3.60. The van der Waals surface area contributed by atoms with Gasteiger partial charge in [-0.3, -0.25) is 0 Å². The molecule has 94 valence electrons. The van der Waals surface area contributed by atoms with Crippen LogP contribution in [0.4, 0.5) is 0 Å². The maximum atomic E-state index is 5.75. The molecule has 0 unspecified atom stereocenters. The summed E-state index contributed by atoms with van der Waals surface area (Å²) < 4.78 is 5.75. The lowest BCUT2D eigenvalue weighted by Gasteiger charge is -2.15. The zero-order valence-electron chi connectivity index (χ0n) is 10.7. The summed E-state index contributed by atoms with van der Waals surface area (Å²) in [7, 11) is 0. The fraction of sp³-hybridized carbons (Fsp3) is 0.600. The maximum Gasteiger partial charge on any atom is 0.0716 e. The maximum absolute atomic E-state index is 5.75. The number of hydrogen-bond acceptors (Lipinski definition) is 2. The van der Waals surface area contributed by atoms with Crippen molar-refractivity contribution in [2.24, 2.45) is 5.41 Å². The van der Waals surface area contributed by atoms with E-state index in [4.69, 9.17) is 4.74 Å². The van der Waals surface area contributed by atoms with Gasteiger partial charge in [-0.2, -0.15) is 0 Å². The molecule has 0 amide bonds. The smallest absolute Gasteiger partial charge is 0.0716 e. The summed E-state index contributed by atoms with van der Waals surface area (Å²) in [5.74, 6) is 0. The second-order valence-electron chi connectivity index (χ2n) is 5.07. The van der Waals surface area contributed by atoms with E-state index in [1.54, 1.807) is 0 Å². The van der Waals surface area contributed by atoms with Crippen molar-refractivity contribution in [1.29, 1.82) is 0 Å². The summed E-state index contributed by atoms with van der Waals surface area (Å²) in [6, 6.07) is 10.4. The van der Waals surface area contributed by atoms with Gasteiger partial charge >= 0.3 is 0 Å². The van der Waals surface area contributed by atoms with E-state index in [1.807, 2.05) is 6.07 Å². The molecule has 2 nitrogen and oxygen atoms in total. The molecular formula is C15H23NO. The second-order valence-corrected chi connectivity index (χ2v) is 5.07. The molecule has 1 N–H and O–H groups in total. The molecule has 1 aromatic carbocycles. The summed E-state index contributed by atoms with van der Waals surface area (Å²) >= 11 is 0. The van der Waals surface area contributed by atoms with Crippen molar-refractivity contribution in [2.75, 3.05) is 19.7 Å². The molecule has 0 atom stereocenters. The molecule has 0 spiro atoms. The van der Waals surface area contributed by atoms with E-state index in [2.05, 4.69) is 36.5 Å². The Labute approximate surface area is 104 Å². The predicted molar refractivity (Wildman–Crippen MR) is 70.9 cm³/mol. The predicted octanol–water partition coefficient (Wildman–Crippen LogP) is 2.98. The first-order chi connectivity index (χ1) is 8.35. The molecule has 2 heteroatoms.